The van der Waals surface area contributed by atoms with E-state index in [2.05, 4.69) is 10.4 Å². The molecular weight excluding hydrogens is 539 g/mol. The Morgan fingerprint density at radius 1 is 1.07 bits per heavy atom. The van der Waals surface area contributed by atoms with Gasteiger partial charge in [-0.05, 0) is 58.4 Å². The first-order valence-electron chi connectivity index (χ1n) is 12.7. The van der Waals surface area contributed by atoms with Gasteiger partial charge >= 0.3 is 12.1 Å². The van der Waals surface area contributed by atoms with E-state index in [4.69, 9.17) is 19.4 Å². The molecule has 41 heavy (non-hydrogen) atoms. The first kappa shape index (κ1) is 29.2. The fourth-order valence-corrected chi connectivity index (χ4v) is 3.97. The van der Waals surface area contributed by atoms with Gasteiger partial charge in [0.1, 0.15) is 22.9 Å². The van der Waals surface area contributed by atoms with Crippen LogP contribution in [0.25, 0.3) is 11.1 Å². The highest BCUT2D eigenvalue weighted by Gasteiger charge is 2.41. The molecule has 3 aromatic rings. The number of ether oxygens (including phenoxy) is 2. The topological polar surface area (TPSA) is 149 Å². The van der Waals surface area contributed by atoms with E-state index in [0.717, 1.165) is 0 Å². The number of rotatable bonds is 10. The number of hydroxylamine groups is 2. The number of hydrogen-bond acceptors (Lipinski definition) is 8. The summed E-state index contributed by atoms with van der Waals surface area (Å²) >= 11 is 0. The zero-order chi connectivity index (χ0) is 29.9. The van der Waals surface area contributed by atoms with Gasteiger partial charge in [-0.2, -0.15) is 5.10 Å². The zero-order valence-corrected chi connectivity index (χ0v) is 22.8. The minimum atomic E-state index is -1.46. The van der Waals surface area contributed by atoms with Crippen molar-refractivity contribution in [2.75, 3.05) is 6.54 Å². The number of aryl methyl sites for hydroxylation is 1. The van der Waals surface area contributed by atoms with Crippen LogP contribution in [0.3, 0.4) is 0 Å². The van der Waals surface area contributed by atoms with Crippen LogP contribution in [-0.2, 0) is 20.9 Å². The van der Waals surface area contributed by atoms with E-state index in [-0.39, 0.29) is 28.2 Å². The van der Waals surface area contributed by atoms with Gasteiger partial charge in [0.2, 0.25) is 0 Å². The van der Waals surface area contributed by atoms with Gasteiger partial charge in [0.05, 0.1) is 22.9 Å². The van der Waals surface area contributed by atoms with Gasteiger partial charge in [0.15, 0.2) is 6.10 Å². The van der Waals surface area contributed by atoms with Crippen molar-refractivity contribution in [3.8, 4) is 22.6 Å². The number of carbonyl (C=O) groups is 4. The molecule has 12 nitrogen and oxygen atoms in total. The maximum atomic E-state index is 15.1. The molecule has 2 N–H and O–H groups in total. The fraction of sp³-hybridized carbons (Fsp3) is 0.321. The number of benzene rings is 2. The maximum Gasteiger partial charge on any atom is 0.407 e. The highest BCUT2D eigenvalue weighted by molar-refractivity contribution is 6.21. The number of imide groups is 1. The summed E-state index contributed by atoms with van der Waals surface area (Å²) < 4.78 is 27.8. The number of hydrogen-bond donors (Lipinski definition) is 2. The number of amides is 3. The van der Waals surface area contributed by atoms with E-state index in [1.54, 1.807) is 31.6 Å². The Morgan fingerprint density at radius 3 is 2.44 bits per heavy atom. The van der Waals surface area contributed by atoms with Crippen LogP contribution in [0.4, 0.5) is 9.18 Å². The molecule has 1 aliphatic heterocycles. The largest absolute Gasteiger partial charge is 0.479 e. The Bertz CT molecular complexity index is 1500. The van der Waals surface area contributed by atoms with E-state index in [9.17, 15) is 19.2 Å². The van der Waals surface area contributed by atoms with Crippen molar-refractivity contribution in [3.63, 3.8) is 0 Å². The number of nitrogens with zero attached hydrogens (tertiary/aromatic N) is 3. The SMILES string of the molecule is CC(ON1C(=O)c2cccc(Oc3cccc(F)c3-c3cnn(CCCNC(=O)OC(C)(C)C)c3)c2C1=O)C(=O)O. The molecule has 1 unspecified atom stereocenters. The number of aliphatic carboxylic acids is 1. The van der Waals surface area contributed by atoms with Crippen LogP contribution >= 0.6 is 0 Å². The van der Waals surface area contributed by atoms with E-state index in [0.29, 0.717) is 30.1 Å². The molecule has 4 rings (SSSR count). The molecular formula is C28H29FN4O8. The molecule has 0 saturated carbocycles. The Hall–Kier alpha value is -4.78. The Labute approximate surface area is 234 Å². The van der Waals surface area contributed by atoms with Crippen LogP contribution in [0.5, 0.6) is 11.5 Å². The van der Waals surface area contributed by atoms with Crippen LogP contribution in [0.1, 0.15) is 54.8 Å². The quantitative estimate of drug-likeness (QED) is 0.268. The van der Waals surface area contributed by atoms with Gasteiger partial charge in [0.25, 0.3) is 11.8 Å². The third kappa shape index (κ3) is 6.69. The van der Waals surface area contributed by atoms with E-state index in [1.807, 2.05) is 0 Å². The lowest BCUT2D eigenvalue weighted by atomic mass is 10.1. The highest BCUT2D eigenvalue weighted by atomic mass is 19.1. The van der Waals surface area contributed by atoms with Crippen molar-refractivity contribution in [3.05, 3.63) is 65.7 Å². The summed E-state index contributed by atoms with van der Waals surface area (Å²) in [5, 5.41) is 16.4. The number of nitrogens with one attached hydrogen (secondary N) is 1. The first-order chi connectivity index (χ1) is 19.4. The molecule has 1 aromatic heterocycles. The van der Waals surface area contributed by atoms with Crippen LogP contribution in [0.15, 0.2) is 48.8 Å². The van der Waals surface area contributed by atoms with Crippen molar-refractivity contribution in [1.82, 2.24) is 20.2 Å². The third-order valence-electron chi connectivity index (χ3n) is 5.80. The number of carbonyl (C=O) groups excluding carboxylic acids is 3. The van der Waals surface area contributed by atoms with Gasteiger partial charge in [-0.1, -0.05) is 12.1 Å². The average Bonchev–Trinajstić information content (AvgIpc) is 3.44. The summed E-state index contributed by atoms with van der Waals surface area (Å²) in [5.74, 6) is -3.69. The van der Waals surface area contributed by atoms with Crippen LogP contribution in [0.2, 0.25) is 0 Å². The second kappa shape index (κ2) is 11.8. The van der Waals surface area contributed by atoms with E-state index < -0.39 is 41.4 Å². The standard InChI is InChI=1S/C28H29FN4O8/c1-16(26(36)37)41-33-24(34)18-8-5-10-21(23(18)25(33)35)39-20-11-6-9-19(29)22(20)17-14-31-32(15-17)13-7-12-30-27(38)40-28(2,3)4/h5-6,8-11,14-16H,7,12-13H2,1-4H3,(H,30,38)(H,36,37). The van der Waals surface area contributed by atoms with Crippen molar-refractivity contribution in [2.45, 2.75) is 52.4 Å². The first-order valence-corrected chi connectivity index (χ1v) is 12.7. The van der Waals surface area contributed by atoms with Crippen molar-refractivity contribution >= 4 is 23.9 Å². The monoisotopic (exact) mass is 568 g/mol. The number of carboxylic acid groups (broad SMARTS) is 1. The van der Waals surface area contributed by atoms with E-state index in [1.165, 1.54) is 49.5 Å². The summed E-state index contributed by atoms with van der Waals surface area (Å²) in [4.78, 5) is 53.8. The highest BCUT2D eigenvalue weighted by Crippen LogP contribution is 2.39. The molecule has 3 amide bonds. The van der Waals surface area contributed by atoms with Crippen LogP contribution < -0.4 is 10.1 Å². The van der Waals surface area contributed by atoms with Gasteiger partial charge in [-0.15, -0.1) is 5.06 Å². The Kier molecular flexibility index (Phi) is 8.38. The summed E-state index contributed by atoms with van der Waals surface area (Å²) in [6.45, 7) is 7.26. The molecule has 0 saturated heterocycles. The maximum absolute atomic E-state index is 15.1. The van der Waals surface area contributed by atoms with Crippen molar-refractivity contribution < 1.29 is 43.0 Å². The number of halogens is 1. The molecule has 0 aliphatic carbocycles. The molecule has 1 aliphatic rings. The summed E-state index contributed by atoms with van der Waals surface area (Å²) in [7, 11) is 0. The zero-order valence-electron chi connectivity index (χ0n) is 22.8. The lowest BCUT2D eigenvalue weighted by Crippen LogP contribution is -2.36. The minimum absolute atomic E-state index is 0.0395. The molecule has 216 valence electrons. The number of aromatic nitrogens is 2. The molecule has 2 aromatic carbocycles. The van der Waals surface area contributed by atoms with Crippen LogP contribution in [-0.4, -0.2) is 62.1 Å². The summed E-state index contributed by atoms with van der Waals surface area (Å²) in [6.07, 6.45) is 1.63. The molecule has 0 bridgehead atoms. The molecule has 1 atom stereocenters. The van der Waals surface area contributed by atoms with Gasteiger partial charge in [-0.25, -0.2) is 18.8 Å². The lowest BCUT2D eigenvalue weighted by molar-refractivity contribution is -0.171. The molecule has 0 fully saturated rings. The Morgan fingerprint density at radius 2 is 1.76 bits per heavy atom. The van der Waals surface area contributed by atoms with Gasteiger partial charge in [0, 0.05) is 24.8 Å². The molecule has 0 spiro atoms. The smallest absolute Gasteiger partial charge is 0.407 e. The van der Waals surface area contributed by atoms with Crippen molar-refractivity contribution in [1.29, 1.82) is 0 Å². The van der Waals surface area contributed by atoms with Crippen molar-refractivity contribution in [2.24, 2.45) is 0 Å². The third-order valence-corrected chi connectivity index (χ3v) is 5.80. The number of carboxylic acids is 1. The fourth-order valence-electron chi connectivity index (χ4n) is 3.97. The van der Waals surface area contributed by atoms with Gasteiger partial charge in [-0.3, -0.25) is 14.3 Å². The summed E-state index contributed by atoms with van der Waals surface area (Å²) in [5.41, 5.74) is -0.315. The Balaban J connectivity index is 1.51. The molecule has 13 heteroatoms. The predicted molar refractivity (Wildman–Crippen MR) is 142 cm³/mol. The van der Waals surface area contributed by atoms with Gasteiger partial charge < -0.3 is 19.9 Å². The second-order valence-corrected chi connectivity index (χ2v) is 10.2. The second-order valence-electron chi connectivity index (χ2n) is 10.2. The molecule has 2 heterocycles. The number of fused-ring (bicyclic) bond motifs is 1. The summed E-state index contributed by atoms with van der Waals surface area (Å²) in [6, 6.07) is 8.47. The predicted octanol–water partition coefficient (Wildman–Crippen LogP) is 4.40. The van der Waals surface area contributed by atoms with Crippen LogP contribution in [0, 0.1) is 5.82 Å². The lowest BCUT2D eigenvalue weighted by Gasteiger charge is -2.19. The minimum Gasteiger partial charge on any atom is -0.479 e. The average molecular weight is 569 g/mol. The van der Waals surface area contributed by atoms with E-state index >= 15 is 4.39 Å². The molecule has 0 radical (unpaired) electrons. The number of alkyl carbamates (subject to hydrolysis) is 1. The normalized spacial score (nSPS) is 13.6.